The summed E-state index contributed by atoms with van der Waals surface area (Å²) in [5.41, 5.74) is -6.73. The highest BCUT2D eigenvalue weighted by atomic mass is 19.4. The van der Waals surface area contributed by atoms with Gasteiger partial charge in [-0.05, 0) is 12.8 Å². The van der Waals surface area contributed by atoms with Crippen LogP contribution in [0.4, 0.5) is 27.6 Å². The summed E-state index contributed by atoms with van der Waals surface area (Å²) >= 11 is 0. The van der Waals surface area contributed by atoms with Gasteiger partial charge in [-0.2, -0.15) is 13.2 Å². The SMILES string of the molecule is COC(=O)c1c(C(F)F)nc(C(F)(F)F)c(C(=O)O)c1NC1CC1. The van der Waals surface area contributed by atoms with Crippen molar-refractivity contribution in [2.45, 2.75) is 31.5 Å². The highest BCUT2D eigenvalue weighted by Gasteiger charge is 2.43. The first-order valence-electron chi connectivity index (χ1n) is 6.59. The molecular formula is C13H11F5N2O4. The molecule has 0 unspecified atom stereocenters. The second-order valence-corrected chi connectivity index (χ2v) is 4.98. The summed E-state index contributed by atoms with van der Waals surface area (Å²) < 4.78 is 69.9. The second kappa shape index (κ2) is 6.21. The summed E-state index contributed by atoms with van der Waals surface area (Å²) in [6, 6.07) is -0.416. The highest BCUT2D eigenvalue weighted by Crippen LogP contribution is 2.40. The van der Waals surface area contributed by atoms with E-state index >= 15 is 0 Å². The molecule has 2 N–H and O–H groups in total. The van der Waals surface area contributed by atoms with Gasteiger partial charge >= 0.3 is 18.1 Å². The van der Waals surface area contributed by atoms with Crippen molar-refractivity contribution in [3.05, 3.63) is 22.5 Å². The molecule has 1 aromatic rings. The number of esters is 1. The molecule has 132 valence electrons. The van der Waals surface area contributed by atoms with Gasteiger partial charge < -0.3 is 15.2 Å². The number of pyridine rings is 1. The topological polar surface area (TPSA) is 88.5 Å². The van der Waals surface area contributed by atoms with Gasteiger partial charge in [-0.25, -0.2) is 23.4 Å². The van der Waals surface area contributed by atoms with Gasteiger partial charge in [0, 0.05) is 6.04 Å². The van der Waals surface area contributed by atoms with Gasteiger partial charge in [0.15, 0.2) is 5.69 Å². The van der Waals surface area contributed by atoms with Crippen molar-refractivity contribution in [2.24, 2.45) is 0 Å². The number of hydrogen-bond acceptors (Lipinski definition) is 5. The number of aromatic nitrogens is 1. The maximum Gasteiger partial charge on any atom is 0.434 e. The zero-order valence-corrected chi connectivity index (χ0v) is 12.1. The molecule has 0 amide bonds. The van der Waals surface area contributed by atoms with Gasteiger partial charge in [-0.3, -0.25) is 0 Å². The van der Waals surface area contributed by atoms with E-state index < -0.39 is 58.8 Å². The number of ether oxygens (including phenoxy) is 1. The lowest BCUT2D eigenvalue weighted by Crippen LogP contribution is -2.24. The number of aromatic carboxylic acids is 1. The Hall–Kier alpha value is -2.46. The normalized spacial score (nSPS) is 14.6. The Balaban J connectivity index is 2.87. The van der Waals surface area contributed by atoms with E-state index in [2.05, 4.69) is 15.0 Å². The molecule has 1 aliphatic carbocycles. The van der Waals surface area contributed by atoms with E-state index in [1.54, 1.807) is 0 Å². The van der Waals surface area contributed by atoms with Crippen molar-refractivity contribution in [2.75, 3.05) is 12.4 Å². The van der Waals surface area contributed by atoms with Crippen LogP contribution in [-0.4, -0.2) is 35.2 Å². The standard InChI is InChI=1S/C13H11F5N2O4/c1-24-12(23)5-7(19-4-2-3-4)6(11(21)22)9(13(16,17)18)20-8(5)10(14)15/h4,10H,2-3H2,1H3,(H,19,20)(H,21,22). The fraction of sp³-hybridized carbons (Fsp3) is 0.462. The van der Waals surface area contributed by atoms with Crippen LogP contribution in [0.1, 0.15) is 51.4 Å². The van der Waals surface area contributed by atoms with Crippen LogP contribution in [0.2, 0.25) is 0 Å². The van der Waals surface area contributed by atoms with E-state index in [1.165, 1.54) is 0 Å². The Morgan fingerprint density at radius 3 is 2.25 bits per heavy atom. The van der Waals surface area contributed by atoms with Crippen LogP contribution >= 0.6 is 0 Å². The first-order chi connectivity index (χ1) is 11.1. The van der Waals surface area contributed by atoms with E-state index in [1.807, 2.05) is 0 Å². The van der Waals surface area contributed by atoms with Crippen LogP contribution in [-0.2, 0) is 10.9 Å². The minimum absolute atomic E-state index is 0.416. The number of halogens is 5. The van der Waals surface area contributed by atoms with Crippen LogP contribution in [0.5, 0.6) is 0 Å². The van der Waals surface area contributed by atoms with E-state index in [0.717, 1.165) is 7.11 Å². The van der Waals surface area contributed by atoms with Crippen molar-refractivity contribution >= 4 is 17.6 Å². The van der Waals surface area contributed by atoms with Gasteiger partial charge in [0.05, 0.1) is 12.8 Å². The van der Waals surface area contributed by atoms with Crippen molar-refractivity contribution in [3.8, 4) is 0 Å². The number of hydrogen-bond donors (Lipinski definition) is 2. The number of carboxylic acid groups (broad SMARTS) is 1. The summed E-state index contributed by atoms with van der Waals surface area (Å²) in [5.74, 6) is -3.46. The van der Waals surface area contributed by atoms with Gasteiger partial charge in [0.1, 0.15) is 16.8 Å². The lowest BCUT2D eigenvalue weighted by atomic mass is 10.0. The maximum atomic E-state index is 13.1. The smallest absolute Gasteiger partial charge is 0.434 e. The predicted octanol–water partition coefficient (Wildman–Crippen LogP) is 3.10. The number of alkyl halides is 5. The molecular weight excluding hydrogens is 343 g/mol. The first-order valence-corrected chi connectivity index (χ1v) is 6.59. The van der Waals surface area contributed by atoms with Crippen LogP contribution in [0.25, 0.3) is 0 Å². The molecule has 24 heavy (non-hydrogen) atoms. The van der Waals surface area contributed by atoms with E-state index in [-0.39, 0.29) is 0 Å². The molecule has 11 heteroatoms. The molecule has 1 aliphatic rings. The Labute approximate surface area is 131 Å². The van der Waals surface area contributed by atoms with Crippen LogP contribution in [0.3, 0.4) is 0 Å². The Bertz CT molecular complexity index is 686. The summed E-state index contributed by atoms with van der Waals surface area (Å²) in [5, 5.41) is 11.5. The Morgan fingerprint density at radius 2 is 1.88 bits per heavy atom. The molecule has 1 heterocycles. The molecule has 0 saturated heterocycles. The number of nitrogens with one attached hydrogen (secondary N) is 1. The summed E-state index contributed by atoms with van der Waals surface area (Å²) in [7, 11) is 0.830. The van der Waals surface area contributed by atoms with Crippen molar-refractivity contribution in [1.82, 2.24) is 4.98 Å². The second-order valence-electron chi connectivity index (χ2n) is 4.98. The zero-order chi connectivity index (χ0) is 18.2. The first kappa shape index (κ1) is 17.9. The van der Waals surface area contributed by atoms with Crippen molar-refractivity contribution in [3.63, 3.8) is 0 Å². The average Bonchev–Trinajstić information content (AvgIpc) is 3.27. The number of rotatable bonds is 5. The molecule has 0 atom stereocenters. The highest BCUT2D eigenvalue weighted by molar-refractivity contribution is 6.05. The Kier molecular flexibility index (Phi) is 4.63. The van der Waals surface area contributed by atoms with Crippen LogP contribution in [0, 0.1) is 0 Å². The molecule has 1 aromatic heterocycles. The largest absolute Gasteiger partial charge is 0.478 e. The molecule has 0 radical (unpaired) electrons. The van der Waals surface area contributed by atoms with E-state index in [9.17, 15) is 31.5 Å². The van der Waals surface area contributed by atoms with Crippen LogP contribution in [0.15, 0.2) is 0 Å². The Morgan fingerprint density at radius 1 is 1.29 bits per heavy atom. The summed E-state index contributed by atoms with van der Waals surface area (Å²) in [4.78, 5) is 25.8. The van der Waals surface area contributed by atoms with Crippen molar-refractivity contribution < 1.29 is 41.4 Å². The monoisotopic (exact) mass is 354 g/mol. The molecule has 1 fully saturated rings. The van der Waals surface area contributed by atoms with Gasteiger partial charge in [0.25, 0.3) is 6.43 Å². The molecule has 1 saturated carbocycles. The molecule has 0 aromatic carbocycles. The number of carboxylic acids is 1. The molecule has 0 spiro atoms. The fourth-order valence-corrected chi connectivity index (χ4v) is 2.06. The third kappa shape index (κ3) is 3.39. The van der Waals surface area contributed by atoms with Gasteiger partial charge in [-0.15, -0.1) is 0 Å². The summed E-state index contributed by atoms with van der Waals surface area (Å²) in [6.07, 6.45) is -7.85. The third-order valence-electron chi connectivity index (χ3n) is 3.23. The number of methoxy groups -OCH3 is 1. The lowest BCUT2D eigenvalue weighted by Gasteiger charge is -2.20. The molecule has 2 rings (SSSR count). The quantitative estimate of drug-likeness (QED) is 0.624. The molecule has 6 nitrogen and oxygen atoms in total. The third-order valence-corrected chi connectivity index (χ3v) is 3.23. The van der Waals surface area contributed by atoms with E-state index in [4.69, 9.17) is 5.11 Å². The minimum atomic E-state index is -5.30. The maximum absolute atomic E-state index is 13.1. The van der Waals surface area contributed by atoms with Crippen molar-refractivity contribution in [1.29, 1.82) is 0 Å². The van der Waals surface area contributed by atoms with Gasteiger partial charge in [-0.1, -0.05) is 0 Å². The molecule has 0 aliphatic heterocycles. The average molecular weight is 354 g/mol. The van der Waals surface area contributed by atoms with Gasteiger partial charge in [0.2, 0.25) is 0 Å². The molecule has 0 bridgehead atoms. The predicted molar refractivity (Wildman–Crippen MR) is 69.1 cm³/mol. The van der Waals surface area contributed by atoms with Crippen LogP contribution < -0.4 is 5.32 Å². The number of carbonyl (C=O) groups excluding carboxylic acids is 1. The number of nitrogens with zero attached hydrogens (tertiary/aromatic N) is 1. The van der Waals surface area contributed by atoms with E-state index in [0.29, 0.717) is 12.8 Å². The summed E-state index contributed by atoms with van der Waals surface area (Å²) in [6.45, 7) is 0. The number of carbonyl (C=O) groups is 2. The zero-order valence-electron chi connectivity index (χ0n) is 12.1. The lowest BCUT2D eigenvalue weighted by molar-refractivity contribution is -0.142. The number of anilines is 1. The fourth-order valence-electron chi connectivity index (χ4n) is 2.06. The minimum Gasteiger partial charge on any atom is -0.478 e.